The Labute approximate surface area is 139 Å². The van der Waals surface area contributed by atoms with Gasteiger partial charge in [-0.15, -0.1) is 0 Å². The van der Waals surface area contributed by atoms with E-state index < -0.39 is 8.32 Å². The quantitative estimate of drug-likeness (QED) is 0.281. The molecule has 0 aromatic carbocycles. The number of hydrogen-bond donors (Lipinski definition) is 0. The smallest absolute Gasteiger partial charge is 0.292 e. The molecule has 0 aromatic heterocycles. The van der Waals surface area contributed by atoms with Gasteiger partial charge in [0, 0.05) is 6.42 Å². The Balaban J connectivity index is 1.84. The van der Waals surface area contributed by atoms with Crippen LogP contribution in [0.25, 0.3) is 0 Å². The first-order valence-corrected chi connectivity index (χ1v) is 12.7. The first-order valence-electron chi connectivity index (χ1n) is 9.88. The minimum absolute atomic E-state index is 0.0898. The van der Waals surface area contributed by atoms with Crippen molar-refractivity contribution in [2.24, 2.45) is 0 Å². The molecule has 1 aliphatic heterocycles. The zero-order valence-electron chi connectivity index (χ0n) is 15.1. The summed E-state index contributed by atoms with van der Waals surface area (Å²) in [5, 5.41) is 0. The summed E-state index contributed by atoms with van der Waals surface area (Å²) in [6, 6.07) is 2.38. The van der Waals surface area contributed by atoms with Crippen LogP contribution in [0.3, 0.4) is 0 Å². The molecule has 0 unspecified atom stereocenters. The van der Waals surface area contributed by atoms with Crippen molar-refractivity contribution in [3.05, 3.63) is 0 Å². The lowest BCUT2D eigenvalue weighted by Crippen LogP contribution is -2.33. The first-order chi connectivity index (χ1) is 10.7. The summed E-state index contributed by atoms with van der Waals surface area (Å²) in [6.45, 7) is 4.50. The molecule has 22 heavy (non-hydrogen) atoms. The fourth-order valence-electron chi connectivity index (χ4n) is 3.48. The third-order valence-corrected chi connectivity index (χ3v) is 8.55. The molecule has 1 saturated heterocycles. The van der Waals surface area contributed by atoms with Gasteiger partial charge in [-0.3, -0.25) is 4.79 Å². The van der Waals surface area contributed by atoms with Crippen molar-refractivity contribution in [1.29, 1.82) is 0 Å². The number of hydrogen-bond acceptors (Lipinski definition) is 2. The molecule has 0 aromatic rings. The highest BCUT2D eigenvalue weighted by Gasteiger charge is 2.36. The van der Waals surface area contributed by atoms with Gasteiger partial charge < -0.3 is 4.43 Å². The summed E-state index contributed by atoms with van der Waals surface area (Å²) in [5.41, 5.74) is 0. The molecule has 0 N–H and O–H groups in total. The van der Waals surface area contributed by atoms with Crippen LogP contribution in [0.1, 0.15) is 96.8 Å². The molecular weight excluding hydrogens is 288 g/mol. The molecule has 1 rings (SSSR count). The number of carbonyl (C=O) groups is 1. The van der Waals surface area contributed by atoms with Crippen LogP contribution in [-0.2, 0) is 9.22 Å². The van der Waals surface area contributed by atoms with E-state index in [1.54, 1.807) is 0 Å². The summed E-state index contributed by atoms with van der Waals surface area (Å²) in [5.74, 6) is 0.0898. The average molecular weight is 327 g/mol. The Morgan fingerprint density at radius 3 is 1.77 bits per heavy atom. The SMILES string of the molecule is CCCCCCCCCCCCCC(=O)O[Si]1(C)CCCC1. The van der Waals surface area contributed by atoms with E-state index >= 15 is 0 Å². The van der Waals surface area contributed by atoms with Crippen molar-refractivity contribution in [1.82, 2.24) is 0 Å². The Kier molecular flexibility index (Phi) is 10.9. The van der Waals surface area contributed by atoms with E-state index in [1.807, 2.05) is 0 Å². The van der Waals surface area contributed by atoms with Crippen molar-refractivity contribution in [3.63, 3.8) is 0 Å². The Morgan fingerprint density at radius 1 is 0.818 bits per heavy atom. The van der Waals surface area contributed by atoms with E-state index in [4.69, 9.17) is 4.43 Å². The van der Waals surface area contributed by atoms with E-state index in [2.05, 4.69) is 13.5 Å². The van der Waals surface area contributed by atoms with Crippen LogP contribution in [0.2, 0.25) is 18.6 Å². The number of rotatable bonds is 13. The van der Waals surface area contributed by atoms with Gasteiger partial charge in [0.25, 0.3) is 14.3 Å². The van der Waals surface area contributed by atoms with Crippen LogP contribution in [-0.4, -0.2) is 14.3 Å². The summed E-state index contributed by atoms with van der Waals surface area (Å²) in [7, 11) is -1.60. The molecule has 2 nitrogen and oxygen atoms in total. The highest BCUT2D eigenvalue weighted by molar-refractivity contribution is 6.74. The largest absolute Gasteiger partial charge is 0.519 e. The zero-order valence-corrected chi connectivity index (χ0v) is 16.1. The highest BCUT2D eigenvalue weighted by atomic mass is 28.4. The minimum atomic E-state index is -1.60. The summed E-state index contributed by atoms with van der Waals surface area (Å²) in [6.07, 6.45) is 17.8. The number of unbranched alkanes of at least 4 members (excludes halogenated alkanes) is 10. The van der Waals surface area contributed by atoms with Gasteiger partial charge in [-0.05, 0) is 25.1 Å². The van der Waals surface area contributed by atoms with Crippen LogP contribution >= 0.6 is 0 Å². The van der Waals surface area contributed by atoms with E-state index in [-0.39, 0.29) is 5.97 Å². The maximum Gasteiger partial charge on any atom is 0.292 e. The molecule has 0 spiro atoms. The highest BCUT2D eigenvalue weighted by Crippen LogP contribution is 2.31. The average Bonchev–Trinajstić information content (AvgIpc) is 2.91. The standard InChI is InChI=1S/C19H38O2Si/c1-3-4-5-6-7-8-9-10-11-12-13-16-19(20)21-22(2)17-14-15-18-22/h3-18H2,1-2H3. The second-order valence-electron chi connectivity index (χ2n) is 7.42. The summed E-state index contributed by atoms with van der Waals surface area (Å²) < 4.78 is 5.79. The lowest BCUT2D eigenvalue weighted by Gasteiger charge is -2.21. The summed E-state index contributed by atoms with van der Waals surface area (Å²) >= 11 is 0. The third-order valence-electron chi connectivity index (χ3n) is 5.01. The van der Waals surface area contributed by atoms with Crippen molar-refractivity contribution in [2.75, 3.05) is 0 Å². The molecule has 1 aliphatic rings. The van der Waals surface area contributed by atoms with Gasteiger partial charge in [0.15, 0.2) is 0 Å². The Hall–Kier alpha value is -0.313. The molecule has 0 saturated carbocycles. The van der Waals surface area contributed by atoms with Crippen LogP contribution < -0.4 is 0 Å². The van der Waals surface area contributed by atoms with Gasteiger partial charge in [-0.1, -0.05) is 84.0 Å². The van der Waals surface area contributed by atoms with Crippen molar-refractivity contribution < 1.29 is 9.22 Å². The lowest BCUT2D eigenvalue weighted by atomic mass is 10.1. The molecule has 0 atom stereocenters. The van der Waals surface area contributed by atoms with Crippen LogP contribution in [0.15, 0.2) is 0 Å². The fourth-order valence-corrected chi connectivity index (χ4v) is 6.59. The predicted molar refractivity (Wildman–Crippen MR) is 97.6 cm³/mol. The zero-order chi connectivity index (χ0) is 16.1. The molecule has 0 radical (unpaired) electrons. The Bertz CT molecular complexity index is 285. The molecular formula is C19H38O2Si. The molecule has 0 bridgehead atoms. The molecule has 130 valence electrons. The van der Waals surface area contributed by atoms with Gasteiger partial charge in [0.05, 0.1) is 0 Å². The van der Waals surface area contributed by atoms with Crippen LogP contribution in [0, 0.1) is 0 Å². The number of carbonyl (C=O) groups excluding carboxylic acids is 1. The topological polar surface area (TPSA) is 26.3 Å². The molecule has 1 fully saturated rings. The lowest BCUT2D eigenvalue weighted by molar-refractivity contribution is -0.135. The van der Waals surface area contributed by atoms with E-state index in [0.29, 0.717) is 6.42 Å². The molecule has 1 heterocycles. The minimum Gasteiger partial charge on any atom is -0.519 e. The van der Waals surface area contributed by atoms with E-state index in [1.165, 1.54) is 89.1 Å². The molecule has 0 amide bonds. The van der Waals surface area contributed by atoms with Crippen molar-refractivity contribution >= 4 is 14.3 Å². The maximum absolute atomic E-state index is 11.9. The normalized spacial score (nSPS) is 16.8. The second kappa shape index (κ2) is 12.2. The fraction of sp³-hybridized carbons (Fsp3) is 0.947. The maximum atomic E-state index is 11.9. The molecule has 3 heteroatoms. The van der Waals surface area contributed by atoms with E-state index in [9.17, 15) is 4.79 Å². The van der Waals surface area contributed by atoms with Crippen molar-refractivity contribution in [3.8, 4) is 0 Å². The monoisotopic (exact) mass is 326 g/mol. The second-order valence-corrected chi connectivity index (χ2v) is 11.5. The van der Waals surface area contributed by atoms with Gasteiger partial charge in [0.1, 0.15) is 0 Å². The van der Waals surface area contributed by atoms with Gasteiger partial charge in [0.2, 0.25) is 0 Å². The first kappa shape index (κ1) is 19.7. The van der Waals surface area contributed by atoms with Gasteiger partial charge in [-0.2, -0.15) is 0 Å². The van der Waals surface area contributed by atoms with Gasteiger partial charge >= 0.3 is 0 Å². The van der Waals surface area contributed by atoms with E-state index in [0.717, 1.165) is 6.42 Å². The third kappa shape index (κ3) is 9.65. The summed E-state index contributed by atoms with van der Waals surface area (Å²) in [4.78, 5) is 11.9. The predicted octanol–water partition coefficient (Wildman–Crippen LogP) is 6.60. The van der Waals surface area contributed by atoms with Crippen LogP contribution in [0.5, 0.6) is 0 Å². The van der Waals surface area contributed by atoms with Gasteiger partial charge in [-0.25, -0.2) is 0 Å². The van der Waals surface area contributed by atoms with Crippen molar-refractivity contribution in [2.45, 2.75) is 115 Å². The van der Waals surface area contributed by atoms with Crippen LogP contribution in [0.4, 0.5) is 0 Å². The molecule has 0 aliphatic carbocycles. The Morgan fingerprint density at radius 2 is 1.27 bits per heavy atom.